The number of halogens is 1. The quantitative estimate of drug-likeness (QED) is 0.428. The van der Waals surface area contributed by atoms with Crippen LogP contribution in [0.25, 0.3) is 11.5 Å². The number of carbonyl (C=O) groups excluding carboxylic acids is 2. The zero-order chi connectivity index (χ0) is 20.8. The highest BCUT2D eigenvalue weighted by molar-refractivity contribution is 7.99. The summed E-state index contributed by atoms with van der Waals surface area (Å²) in [6.07, 6.45) is -0.218. The summed E-state index contributed by atoms with van der Waals surface area (Å²) in [6, 6.07) is 13.6. The van der Waals surface area contributed by atoms with E-state index in [9.17, 15) is 9.59 Å². The fourth-order valence-electron chi connectivity index (χ4n) is 2.31. The lowest BCUT2D eigenvalue weighted by molar-refractivity contribution is -0.113. The summed E-state index contributed by atoms with van der Waals surface area (Å²) >= 11 is 6.98. The molecule has 0 unspecified atom stereocenters. The van der Waals surface area contributed by atoms with Crippen molar-refractivity contribution in [1.29, 1.82) is 0 Å². The number of amides is 1. The summed E-state index contributed by atoms with van der Waals surface area (Å²) in [5, 5.41) is 11.5. The highest BCUT2D eigenvalue weighted by atomic mass is 35.5. The Morgan fingerprint density at radius 2 is 1.93 bits per heavy atom. The number of anilines is 1. The van der Waals surface area contributed by atoms with Crippen molar-refractivity contribution < 1.29 is 18.7 Å². The van der Waals surface area contributed by atoms with Gasteiger partial charge in [-0.15, -0.1) is 10.2 Å². The van der Waals surface area contributed by atoms with Crippen molar-refractivity contribution in [2.24, 2.45) is 0 Å². The first-order valence-corrected chi connectivity index (χ1v) is 10.1. The number of carbonyl (C=O) groups is 2. The first-order valence-electron chi connectivity index (χ1n) is 8.74. The molecule has 0 radical (unpaired) electrons. The van der Waals surface area contributed by atoms with Gasteiger partial charge in [-0.05, 0) is 56.3 Å². The van der Waals surface area contributed by atoms with E-state index in [2.05, 4.69) is 15.5 Å². The van der Waals surface area contributed by atoms with Crippen LogP contribution in [0.3, 0.4) is 0 Å². The van der Waals surface area contributed by atoms with E-state index in [1.807, 2.05) is 0 Å². The summed E-state index contributed by atoms with van der Waals surface area (Å²) in [5.41, 5.74) is 1.61. The molecule has 0 fully saturated rings. The molecule has 0 saturated heterocycles. The van der Waals surface area contributed by atoms with E-state index in [0.29, 0.717) is 22.2 Å². The molecule has 1 N–H and O–H groups in total. The number of thioether (sulfide) groups is 1. The van der Waals surface area contributed by atoms with Crippen LogP contribution in [0.2, 0.25) is 5.02 Å². The van der Waals surface area contributed by atoms with Gasteiger partial charge in [0, 0.05) is 16.3 Å². The van der Waals surface area contributed by atoms with Crippen molar-refractivity contribution in [1.82, 2.24) is 10.2 Å². The van der Waals surface area contributed by atoms with Crippen molar-refractivity contribution in [3.05, 3.63) is 59.1 Å². The SMILES string of the molecule is CC(C)OC(=O)c1cccc(NC(=O)CSc2nnc(-c3ccc(Cl)cc3)o2)c1. The Labute approximate surface area is 176 Å². The number of aromatic nitrogens is 2. The molecule has 0 aliphatic rings. The maximum absolute atomic E-state index is 12.2. The monoisotopic (exact) mass is 431 g/mol. The molecule has 0 bridgehead atoms. The Morgan fingerprint density at radius 3 is 2.66 bits per heavy atom. The molecule has 7 nitrogen and oxygen atoms in total. The maximum atomic E-state index is 12.2. The predicted octanol–water partition coefficient (Wildman–Crippen LogP) is 4.69. The van der Waals surface area contributed by atoms with Crippen LogP contribution in [0, 0.1) is 0 Å². The summed E-state index contributed by atoms with van der Waals surface area (Å²) in [5.74, 6) is -0.286. The molecule has 0 aliphatic carbocycles. The second-order valence-corrected chi connectivity index (χ2v) is 7.61. The smallest absolute Gasteiger partial charge is 0.338 e. The third-order valence-corrected chi connectivity index (χ3v) is 4.62. The zero-order valence-corrected chi connectivity index (χ0v) is 17.3. The van der Waals surface area contributed by atoms with Gasteiger partial charge in [-0.1, -0.05) is 29.4 Å². The molecule has 2 aromatic carbocycles. The Hall–Kier alpha value is -2.84. The minimum absolute atomic E-state index is 0.0723. The zero-order valence-electron chi connectivity index (χ0n) is 15.7. The van der Waals surface area contributed by atoms with Gasteiger partial charge in [0.2, 0.25) is 11.8 Å². The van der Waals surface area contributed by atoms with E-state index in [1.165, 1.54) is 0 Å². The summed E-state index contributed by atoms with van der Waals surface area (Å²) < 4.78 is 10.7. The minimum atomic E-state index is -0.439. The van der Waals surface area contributed by atoms with Crippen molar-refractivity contribution in [3.8, 4) is 11.5 Å². The topological polar surface area (TPSA) is 94.3 Å². The number of ether oxygens (including phenoxy) is 1. The van der Waals surface area contributed by atoms with Gasteiger partial charge in [0.1, 0.15) is 0 Å². The number of hydrogen-bond acceptors (Lipinski definition) is 7. The fourth-order valence-corrected chi connectivity index (χ4v) is 3.00. The molecule has 29 heavy (non-hydrogen) atoms. The van der Waals surface area contributed by atoms with Gasteiger partial charge in [0.15, 0.2) is 0 Å². The van der Waals surface area contributed by atoms with Crippen LogP contribution in [-0.4, -0.2) is 33.9 Å². The number of rotatable bonds is 7. The van der Waals surface area contributed by atoms with E-state index < -0.39 is 5.97 Å². The number of esters is 1. The summed E-state index contributed by atoms with van der Waals surface area (Å²) in [4.78, 5) is 24.2. The van der Waals surface area contributed by atoms with Crippen LogP contribution in [0.5, 0.6) is 0 Å². The largest absolute Gasteiger partial charge is 0.459 e. The number of hydrogen-bond donors (Lipinski definition) is 1. The summed E-state index contributed by atoms with van der Waals surface area (Å²) in [7, 11) is 0. The lowest BCUT2D eigenvalue weighted by Crippen LogP contribution is -2.15. The van der Waals surface area contributed by atoms with Crippen molar-refractivity contribution in [3.63, 3.8) is 0 Å². The van der Waals surface area contributed by atoms with E-state index >= 15 is 0 Å². The molecular weight excluding hydrogens is 414 g/mol. The van der Waals surface area contributed by atoms with Crippen LogP contribution in [0.4, 0.5) is 5.69 Å². The van der Waals surface area contributed by atoms with Gasteiger partial charge >= 0.3 is 5.97 Å². The first kappa shape index (κ1) is 20.9. The second-order valence-electron chi connectivity index (χ2n) is 6.25. The van der Waals surface area contributed by atoms with Crippen LogP contribution < -0.4 is 5.32 Å². The van der Waals surface area contributed by atoms with E-state index in [4.69, 9.17) is 20.8 Å². The molecule has 1 aromatic heterocycles. The molecule has 0 atom stereocenters. The molecule has 3 rings (SSSR count). The molecule has 1 heterocycles. The average Bonchev–Trinajstić information content (AvgIpc) is 3.16. The lowest BCUT2D eigenvalue weighted by atomic mass is 10.2. The molecule has 0 spiro atoms. The molecule has 0 saturated carbocycles. The van der Waals surface area contributed by atoms with Crippen LogP contribution in [0.1, 0.15) is 24.2 Å². The minimum Gasteiger partial charge on any atom is -0.459 e. The standard InChI is InChI=1S/C20H18ClN3O4S/c1-12(2)27-19(26)14-4-3-5-16(10-14)22-17(25)11-29-20-24-23-18(28-20)13-6-8-15(21)9-7-13/h3-10,12H,11H2,1-2H3,(H,22,25). The van der Waals surface area contributed by atoms with Crippen LogP contribution in [-0.2, 0) is 9.53 Å². The van der Waals surface area contributed by atoms with Gasteiger partial charge in [-0.2, -0.15) is 0 Å². The van der Waals surface area contributed by atoms with Gasteiger partial charge < -0.3 is 14.5 Å². The van der Waals surface area contributed by atoms with Gasteiger partial charge in [-0.25, -0.2) is 4.79 Å². The van der Waals surface area contributed by atoms with Gasteiger partial charge in [0.25, 0.3) is 5.22 Å². The highest BCUT2D eigenvalue weighted by Gasteiger charge is 2.13. The molecule has 3 aromatic rings. The number of nitrogens with zero attached hydrogens (tertiary/aromatic N) is 2. The Morgan fingerprint density at radius 1 is 1.17 bits per heavy atom. The van der Waals surface area contributed by atoms with E-state index in [-0.39, 0.29) is 23.0 Å². The van der Waals surface area contributed by atoms with Gasteiger partial charge in [-0.3, -0.25) is 4.79 Å². The molecular formula is C20H18ClN3O4S. The van der Waals surface area contributed by atoms with Crippen LogP contribution in [0.15, 0.2) is 58.2 Å². The third kappa shape index (κ3) is 6.07. The lowest BCUT2D eigenvalue weighted by Gasteiger charge is -2.09. The predicted molar refractivity (Wildman–Crippen MR) is 111 cm³/mol. The van der Waals surface area contributed by atoms with E-state index in [1.54, 1.807) is 62.4 Å². The van der Waals surface area contributed by atoms with Crippen molar-refractivity contribution in [2.75, 3.05) is 11.1 Å². The molecule has 1 amide bonds. The molecule has 0 aliphatic heterocycles. The Kier molecular flexibility index (Phi) is 6.90. The normalized spacial score (nSPS) is 10.8. The van der Waals surface area contributed by atoms with Crippen LogP contribution >= 0.6 is 23.4 Å². The van der Waals surface area contributed by atoms with E-state index in [0.717, 1.165) is 17.3 Å². The Balaban J connectivity index is 1.55. The average molecular weight is 432 g/mol. The Bertz CT molecular complexity index is 1000. The number of benzene rings is 2. The summed E-state index contributed by atoms with van der Waals surface area (Å²) in [6.45, 7) is 3.55. The highest BCUT2D eigenvalue weighted by Crippen LogP contribution is 2.24. The molecule has 9 heteroatoms. The molecule has 150 valence electrons. The first-order chi connectivity index (χ1) is 13.9. The second kappa shape index (κ2) is 9.58. The third-order valence-electron chi connectivity index (χ3n) is 3.55. The van der Waals surface area contributed by atoms with Crippen molar-refractivity contribution >= 4 is 40.9 Å². The van der Waals surface area contributed by atoms with Gasteiger partial charge in [0.05, 0.1) is 17.4 Å². The number of nitrogens with one attached hydrogen (secondary N) is 1. The van der Waals surface area contributed by atoms with Crippen molar-refractivity contribution in [2.45, 2.75) is 25.2 Å². The fraction of sp³-hybridized carbons (Fsp3) is 0.200. The maximum Gasteiger partial charge on any atom is 0.338 e.